The van der Waals surface area contributed by atoms with Crippen LogP contribution in [-0.2, 0) is 7.05 Å². The van der Waals surface area contributed by atoms with Crippen molar-refractivity contribution < 1.29 is 0 Å². The van der Waals surface area contributed by atoms with Crippen molar-refractivity contribution in [3.05, 3.63) is 30.3 Å². The third-order valence-electron chi connectivity index (χ3n) is 2.28. The maximum absolute atomic E-state index is 4.14. The molecule has 1 N–H and O–H groups in total. The van der Waals surface area contributed by atoms with Gasteiger partial charge in [-0.1, -0.05) is 18.2 Å². The van der Waals surface area contributed by atoms with Crippen LogP contribution < -0.4 is 0 Å². The van der Waals surface area contributed by atoms with E-state index in [0.29, 0.717) is 5.82 Å². The minimum absolute atomic E-state index is 0.619. The van der Waals surface area contributed by atoms with Crippen molar-refractivity contribution in [3.63, 3.8) is 0 Å². The molecule has 0 unspecified atom stereocenters. The smallest absolute Gasteiger partial charge is 0.221 e. The minimum atomic E-state index is 0.619. The molecule has 5 heteroatoms. The number of aryl methyl sites for hydroxylation is 1. The molecule has 3 rings (SSSR count). The Bertz CT molecular complexity index is 574. The molecule has 3 aromatic rings. The van der Waals surface area contributed by atoms with Crippen LogP contribution in [0, 0.1) is 0 Å². The van der Waals surface area contributed by atoms with Crippen molar-refractivity contribution in [2.75, 3.05) is 0 Å². The summed E-state index contributed by atoms with van der Waals surface area (Å²) in [5.41, 5.74) is 1.98. The second-order valence-electron chi connectivity index (χ2n) is 3.37. The second-order valence-corrected chi connectivity index (χ2v) is 3.37. The van der Waals surface area contributed by atoms with Gasteiger partial charge in [0.1, 0.15) is 0 Å². The van der Waals surface area contributed by atoms with Crippen LogP contribution in [0.3, 0.4) is 0 Å². The van der Waals surface area contributed by atoms with E-state index in [4.69, 9.17) is 0 Å². The molecule has 0 amide bonds. The fourth-order valence-corrected chi connectivity index (χ4v) is 1.59. The second kappa shape index (κ2) is 2.91. The van der Waals surface area contributed by atoms with Crippen LogP contribution in [0.5, 0.6) is 0 Å². The van der Waals surface area contributed by atoms with Gasteiger partial charge in [-0.05, 0) is 17.3 Å². The average Bonchev–Trinajstić information content (AvgIpc) is 2.82. The van der Waals surface area contributed by atoms with Crippen LogP contribution in [0.25, 0.3) is 22.4 Å². The minimum Gasteiger partial charge on any atom is -0.352 e. The van der Waals surface area contributed by atoms with Gasteiger partial charge in [-0.15, -0.1) is 10.2 Å². The van der Waals surface area contributed by atoms with Gasteiger partial charge in [-0.2, -0.15) is 4.80 Å². The molecular formula is C10H9N5. The van der Waals surface area contributed by atoms with E-state index in [9.17, 15) is 0 Å². The van der Waals surface area contributed by atoms with E-state index in [0.717, 1.165) is 16.6 Å². The highest BCUT2D eigenvalue weighted by Crippen LogP contribution is 2.20. The highest BCUT2D eigenvalue weighted by Gasteiger charge is 2.07. The largest absolute Gasteiger partial charge is 0.352 e. The Morgan fingerprint density at radius 2 is 2.13 bits per heavy atom. The molecule has 0 radical (unpaired) electrons. The van der Waals surface area contributed by atoms with Crippen LogP contribution in [0.1, 0.15) is 0 Å². The normalized spacial score (nSPS) is 11.0. The molecule has 0 aliphatic rings. The van der Waals surface area contributed by atoms with Crippen molar-refractivity contribution in [2.45, 2.75) is 0 Å². The van der Waals surface area contributed by atoms with Crippen LogP contribution in [0.2, 0.25) is 0 Å². The monoisotopic (exact) mass is 199 g/mol. The Kier molecular flexibility index (Phi) is 1.58. The number of nitrogens with zero attached hydrogens (tertiary/aromatic N) is 4. The van der Waals surface area contributed by atoms with Gasteiger partial charge in [-0.3, -0.25) is 0 Å². The third-order valence-corrected chi connectivity index (χ3v) is 2.28. The summed E-state index contributed by atoms with van der Waals surface area (Å²) in [7, 11) is 1.75. The molecule has 1 aromatic carbocycles. The van der Waals surface area contributed by atoms with E-state index < -0.39 is 0 Å². The van der Waals surface area contributed by atoms with Gasteiger partial charge < -0.3 is 4.98 Å². The van der Waals surface area contributed by atoms with Crippen molar-refractivity contribution in [3.8, 4) is 11.5 Å². The molecule has 15 heavy (non-hydrogen) atoms. The number of nitrogens with one attached hydrogen (secondary N) is 1. The fourth-order valence-electron chi connectivity index (χ4n) is 1.59. The fraction of sp³-hybridized carbons (Fsp3) is 0.100. The molecule has 5 nitrogen and oxygen atoms in total. The van der Waals surface area contributed by atoms with Crippen molar-refractivity contribution in [2.24, 2.45) is 7.05 Å². The molecule has 0 bridgehead atoms. The summed E-state index contributed by atoms with van der Waals surface area (Å²) in [5.74, 6) is 0.619. The first-order chi connectivity index (χ1) is 7.33. The first-order valence-corrected chi connectivity index (χ1v) is 4.65. The van der Waals surface area contributed by atoms with Gasteiger partial charge in [0, 0.05) is 10.9 Å². The number of aromatic amines is 1. The lowest BCUT2D eigenvalue weighted by Crippen LogP contribution is -1.91. The van der Waals surface area contributed by atoms with E-state index in [1.807, 2.05) is 30.3 Å². The van der Waals surface area contributed by atoms with Gasteiger partial charge in [0.05, 0.1) is 12.7 Å². The van der Waals surface area contributed by atoms with E-state index in [2.05, 4.69) is 20.4 Å². The summed E-state index contributed by atoms with van der Waals surface area (Å²) in [4.78, 5) is 4.69. The summed E-state index contributed by atoms with van der Waals surface area (Å²) < 4.78 is 0. The summed E-state index contributed by atoms with van der Waals surface area (Å²) in [6.07, 6.45) is 0. The maximum Gasteiger partial charge on any atom is 0.221 e. The number of fused-ring (bicyclic) bond motifs is 1. The zero-order valence-corrected chi connectivity index (χ0v) is 8.18. The molecule has 0 saturated heterocycles. The number of tetrazole rings is 1. The average molecular weight is 199 g/mol. The highest BCUT2D eigenvalue weighted by atomic mass is 15.6. The molecule has 0 spiro atoms. The third kappa shape index (κ3) is 1.28. The molecule has 0 fully saturated rings. The molecule has 0 aliphatic carbocycles. The predicted molar refractivity (Wildman–Crippen MR) is 56.1 cm³/mol. The van der Waals surface area contributed by atoms with Gasteiger partial charge in [0.15, 0.2) is 0 Å². The van der Waals surface area contributed by atoms with E-state index >= 15 is 0 Å². The first kappa shape index (κ1) is 8.16. The van der Waals surface area contributed by atoms with Gasteiger partial charge in [0.25, 0.3) is 0 Å². The quantitative estimate of drug-likeness (QED) is 0.643. The Morgan fingerprint density at radius 3 is 2.87 bits per heavy atom. The summed E-state index contributed by atoms with van der Waals surface area (Å²) in [6.45, 7) is 0. The van der Waals surface area contributed by atoms with Crippen LogP contribution >= 0.6 is 0 Å². The lowest BCUT2D eigenvalue weighted by atomic mass is 10.2. The number of hydrogen-bond acceptors (Lipinski definition) is 3. The lowest BCUT2D eigenvalue weighted by Gasteiger charge is -1.85. The van der Waals surface area contributed by atoms with E-state index in [1.165, 1.54) is 4.80 Å². The molecular weight excluding hydrogens is 190 g/mol. The molecule has 0 saturated carbocycles. The van der Waals surface area contributed by atoms with Gasteiger partial charge >= 0.3 is 0 Å². The van der Waals surface area contributed by atoms with E-state index in [1.54, 1.807) is 7.05 Å². The molecule has 74 valence electrons. The summed E-state index contributed by atoms with van der Waals surface area (Å²) in [5, 5.41) is 13.0. The first-order valence-electron chi connectivity index (χ1n) is 4.65. The van der Waals surface area contributed by atoms with Crippen LogP contribution in [0.15, 0.2) is 30.3 Å². The number of H-pyrrole nitrogens is 1. The number of para-hydroxylation sites is 1. The molecule has 0 atom stereocenters. The van der Waals surface area contributed by atoms with Crippen molar-refractivity contribution >= 4 is 10.9 Å². The molecule has 0 aliphatic heterocycles. The summed E-state index contributed by atoms with van der Waals surface area (Å²) in [6, 6.07) is 10.1. The zero-order chi connectivity index (χ0) is 10.3. The van der Waals surface area contributed by atoms with Crippen molar-refractivity contribution in [1.29, 1.82) is 0 Å². The van der Waals surface area contributed by atoms with E-state index in [-0.39, 0.29) is 0 Å². The predicted octanol–water partition coefficient (Wildman–Crippen LogP) is 1.36. The van der Waals surface area contributed by atoms with Crippen LogP contribution in [0.4, 0.5) is 0 Å². The standard InChI is InChI=1S/C10H9N5/c1-15-13-10(12-14-15)9-6-7-4-2-3-5-8(7)11-9/h2-6,11H,1H3. The Morgan fingerprint density at radius 1 is 1.27 bits per heavy atom. The number of benzene rings is 1. The van der Waals surface area contributed by atoms with Crippen LogP contribution in [-0.4, -0.2) is 25.2 Å². The Labute approximate surface area is 85.7 Å². The lowest BCUT2D eigenvalue weighted by molar-refractivity contribution is 0.630. The number of aromatic nitrogens is 5. The van der Waals surface area contributed by atoms with Gasteiger partial charge in [0.2, 0.25) is 5.82 Å². The van der Waals surface area contributed by atoms with Gasteiger partial charge in [-0.25, -0.2) is 0 Å². The number of rotatable bonds is 1. The molecule has 2 aromatic heterocycles. The SMILES string of the molecule is Cn1nnc(-c2cc3ccccc3[nH]2)n1. The van der Waals surface area contributed by atoms with Crippen molar-refractivity contribution in [1.82, 2.24) is 25.2 Å². The maximum atomic E-state index is 4.14. The highest BCUT2D eigenvalue weighted by molar-refractivity contribution is 5.84. The zero-order valence-electron chi connectivity index (χ0n) is 8.18. The topological polar surface area (TPSA) is 59.4 Å². The Balaban J connectivity index is 2.19. The molecule has 2 heterocycles. The summed E-state index contributed by atoms with van der Waals surface area (Å²) >= 11 is 0. The Hall–Kier alpha value is -2.17. The number of hydrogen-bond donors (Lipinski definition) is 1.